The van der Waals surface area contributed by atoms with Gasteiger partial charge in [-0.05, 0) is 29.8 Å². The minimum atomic E-state index is -0.413. The van der Waals surface area contributed by atoms with E-state index in [1.165, 1.54) is 0 Å². The fraction of sp³-hybridized carbons (Fsp3) is 0. The normalized spacial score (nSPS) is 11.9. The molecule has 1 amide bonds. The summed E-state index contributed by atoms with van der Waals surface area (Å²) in [5.41, 5.74) is 8.98. The van der Waals surface area contributed by atoms with Crippen LogP contribution in [0.5, 0.6) is 0 Å². The van der Waals surface area contributed by atoms with Gasteiger partial charge >= 0.3 is 0 Å². The quantitative estimate of drug-likeness (QED) is 0.435. The first-order chi connectivity index (χ1) is 14.1. The SMILES string of the molecule is Nc1c2c3c(cccc3[nH]c1=O)C(=O)c1c(NC(=O)c3ccccc3)cccc1-2. The van der Waals surface area contributed by atoms with Gasteiger partial charge in [-0.15, -0.1) is 0 Å². The number of nitrogens with one attached hydrogen (secondary N) is 2. The highest BCUT2D eigenvalue weighted by Crippen LogP contribution is 2.43. The smallest absolute Gasteiger partial charge is 0.272 e. The van der Waals surface area contributed by atoms with Gasteiger partial charge in [0.25, 0.3) is 11.5 Å². The first-order valence-corrected chi connectivity index (χ1v) is 9.05. The number of nitrogens with two attached hydrogens (primary N) is 1. The highest BCUT2D eigenvalue weighted by molar-refractivity contribution is 6.29. The molecule has 140 valence electrons. The standard InChI is InChI=1S/C23H15N3O3/c24-20-19-13-8-4-11-16(25-22(28)12-6-2-1-3-7-12)18(13)21(27)14-9-5-10-15(17(14)19)26-23(20)29/h1-11H,24H2,(H,25,28)(H,26,29). The van der Waals surface area contributed by atoms with Crippen LogP contribution in [-0.4, -0.2) is 16.7 Å². The van der Waals surface area contributed by atoms with E-state index in [1.54, 1.807) is 60.7 Å². The maximum absolute atomic E-state index is 13.3. The number of hydrogen-bond donors (Lipinski definition) is 3. The zero-order chi connectivity index (χ0) is 20.1. The molecule has 4 aromatic rings. The van der Waals surface area contributed by atoms with E-state index in [2.05, 4.69) is 10.3 Å². The second-order valence-corrected chi connectivity index (χ2v) is 6.85. The summed E-state index contributed by atoms with van der Waals surface area (Å²) >= 11 is 0. The Bertz CT molecular complexity index is 1390. The average molecular weight is 381 g/mol. The van der Waals surface area contributed by atoms with E-state index in [1.807, 2.05) is 6.07 Å². The largest absolute Gasteiger partial charge is 0.394 e. The van der Waals surface area contributed by atoms with Crippen molar-refractivity contribution in [3.63, 3.8) is 0 Å². The van der Waals surface area contributed by atoms with Gasteiger partial charge in [0.15, 0.2) is 5.78 Å². The Kier molecular flexibility index (Phi) is 3.61. The maximum Gasteiger partial charge on any atom is 0.272 e. The molecule has 6 heteroatoms. The van der Waals surface area contributed by atoms with Crippen molar-refractivity contribution in [2.24, 2.45) is 0 Å². The second kappa shape index (κ2) is 6.17. The summed E-state index contributed by atoms with van der Waals surface area (Å²) in [6.45, 7) is 0. The monoisotopic (exact) mass is 381 g/mol. The Morgan fingerprint density at radius 3 is 2.34 bits per heavy atom. The Morgan fingerprint density at radius 2 is 1.55 bits per heavy atom. The summed E-state index contributed by atoms with van der Waals surface area (Å²) in [7, 11) is 0. The molecule has 1 aliphatic carbocycles. The lowest BCUT2D eigenvalue weighted by atomic mass is 9.82. The lowest BCUT2D eigenvalue weighted by Crippen LogP contribution is -2.21. The van der Waals surface area contributed by atoms with Crippen molar-refractivity contribution in [1.29, 1.82) is 0 Å². The van der Waals surface area contributed by atoms with Gasteiger partial charge in [0, 0.05) is 27.6 Å². The Hall–Kier alpha value is -4.19. The zero-order valence-electron chi connectivity index (χ0n) is 15.2. The van der Waals surface area contributed by atoms with Crippen LogP contribution in [0.4, 0.5) is 11.4 Å². The number of hydrogen-bond acceptors (Lipinski definition) is 4. The molecule has 0 fully saturated rings. The molecule has 3 aromatic carbocycles. The lowest BCUT2D eigenvalue weighted by Gasteiger charge is -2.23. The molecule has 4 N–H and O–H groups in total. The molecule has 0 spiro atoms. The summed E-state index contributed by atoms with van der Waals surface area (Å²) in [5.74, 6) is -0.553. The van der Waals surface area contributed by atoms with Gasteiger partial charge in [0.2, 0.25) is 0 Å². The van der Waals surface area contributed by atoms with Crippen LogP contribution in [0.15, 0.2) is 71.5 Å². The Balaban J connectivity index is 1.75. The second-order valence-electron chi connectivity index (χ2n) is 6.85. The summed E-state index contributed by atoms with van der Waals surface area (Å²) in [6.07, 6.45) is 0. The summed E-state index contributed by atoms with van der Waals surface area (Å²) in [4.78, 5) is 41.1. The molecule has 0 aliphatic heterocycles. The van der Waals surface area contributed by atoms with Crippen LogP contribution in [0, 0.1) is 0 Å². The number of aromatic nitrogens is 1. The number of carbonyl (C=O) groups excluding carboxylic acids is 2. The predicted molar refractivity (Wildman–Crippen MR) is 112 cm³/mol. The summed E-state index contributed by atoms with van der Waals surface area (Å²) in [5, 5.41) is 3.45. The lowest BCUT2D eigenvalue weighted by molar-refractivity contribution is 0.102. The van der Waals surface area contributed by atoms with Crippen molar-refractivity contribution >= 4 is 34.0 Å². The number of fused-ring (bicyclic) bond motifs is 2. The number of nitrogen functional groups attached to an aromatic ring is 1. The molecule has 0 saturated carbocycles. The van der Waals surface area contributed by atoms with E-state index in [-0.39, 0.29) is 17.4 Å². The van der Waals surface area contributed by atoms with E-state index >= 15 is 0 Å². The number of carbonyl (C=O) groups is 2. The van der Waals surface area contributed by atoms with Gasteiger partial charge in [-0.1, -0.05) is 42.5 Å². The van der Waals surface area contributed by atoms with Crippen molar-refractivity contribution in [2.75, 3.05) is 11.1 Å². The molecule has 0 saturated heterocycles. The first-order valence-electron chi connectivity index (χ1n) is 9.05. The van der Waals surface area contributed by atoms with Crippen LogP contribution in [0.1, 0.15) is 26.3 Å². The zero-order valence-corrected chi connectivity index (χ0v) is 15.2. The van der Waals surface area contributed by atoms with Crippen molar-refractivity contribution in [3.05, 3.63) is 93.8 Å². The summed E-state index contributed by atoms with van der Waals surface area (Å²) in [6, 6.07) is 19.0. The number of pyridine rings is 1. The van der Waals surface area contributed by atoms with Gasteiger partial charge in [-0.3, -0.25) is 14.4 Å². The van der Waals surface area contributed by atoms with E-state index in [0.29, 0.717) is 44.4 Å². The highest BCUT2D eigenvalue weighted by atomic mass is 16.2. The van der Waals surface area contributed by atoms with E-state index in [0.717, 1.165) is 0 Å². The first kappa shape index (κ1) is 16.9. The van der Waals surface area contributed by atoms with Crippen LogP contribution in [0.3, 0.4) is 0 Å². The van der Waals surface area contributed by atoms with Crippen molar-refractivity contribution < 1.29 is 9.59 Å². The predicted octanol–water partition coefficient (Wildman–Crippen LogP) is 3.57. The Labute approximate surface area is 165 Å². The average Bonchev–Trinajstić information content (AvgIpc) is 2.74. The van der Waals surface area contributed by atoms with Crippen LogP contribution >= 0.6 is 0 Å². The fourth-order valence-corrected chi connectivity index (χ4v) is 3.86. The van der Waals surface area contributed by atoms with Gasteiger partial charge in [0.05, 0.1) is 11.3 Å². The van der Waals surface area contributed by atoms with Crippen LogP contribution in [-0.2, 0) is 0 Å². The molecule has 6 nitrogen and oxygen atoms in total. The number of anilines is 2. The van der Waals surface area contributed by atoms with Gasteiger partial charge in [0.1, 0.15) is 5.69 Å². The minimum absolute atomic E-state index is 0.0465. The van der Waals surface area contributed by atoms with E-state index in [9.17, 15) is 14.4 Å². The van der Waals surface area contributed by atoms with Crippen molar-refractivity contribution in [1.82, 2.24) is 4.98 Å². The maximum atomic E-state index is 13.3. The van der Waals surface area contributed by atoms with E-state index < -0.39 is 5.56 Å². The van der Waals surface area contributed by atoms with E-state index in [4.69, 9.17) is 5.73 Å². The molecule has 1 heterocycles. The fourth-order valence-electron chi connectivity index (χ4n) is 3.86. The number of H-pyrrole nitrogens is 1. The third-order valence-electron chi connectivity index (χ3n) is 5.17. The van der Waals surface area contributed by atoms with Gasteiger partial charge < -0.3 is 16.0 Å². The number of ketones is 1. The number of amides is 1. The molecule has 0 radical (unpaired) electrons. The van der Waals surface area contributed by atoms with Crippen LogP contribution in [0.2, 0.25) is 0 Å². The highest BCUT2D eigenvalue weighted by Gasteiger charge is 2.30. The third-order valence-corrected chi connectivity index (χ3v) is 5.17. The molecule has 1 aromatic heterocycles. The summed E-state index contributed by atoms with van der Waals surface area (Å²) < 4.78 is 0. The Morgan fingerprint density at radius 1 is 0.828 bits per heavy atom. The third kappa shape index (κ3) is 2.46. The molecule has 0 atom stereocenters. The molecule has 1 aliphatic rings. The molecular weight excluding hydrogens is 366 g/mol. The number of benzene rings is 3. The van der Waals surface area contributed by atoms with Crippen LogP contribution in [0.25, 0.3) is 22.0 Å². The molecule has 0 unspecified atom stereocenters. The molecular formula is C23H15N3O3. The number of rotatable bonds is 2. The molecule has 0 bridgehead atoms. The molecule has 5 rings (SSSR count). The number of aromatic amines is 1. The minimum Gasteiger partial charge on any atom is -0.394 e. The van der Waals surface area contributed by atoms with Gasteiger partial charge in [-0.25, -0.2) is 0 Å². The molecule has 29 heavy (non-hydrogen) atoms. The van der Waals surface area contributed by atoms with Gasteiger partial charge in [-0.2, -0.15) is 0 Å². The van der Waals surface area contributed by atoms with Crippen molar-refractivity contribution in [2.45, 2.75) is 0 Å². The topological polar surface area (TPSA) is 105 Å². The van der Waals surface area contributed by atoms with Crippen LogP contribution < -0.4 is 16.6 Å². The van der Waals surface area contributed by atoms with Crippen molar-refractivity contribution in [3.8, 4) is 11.1 Å².